The second-order valence-electron chi connectivity index (χ2n) is 3.68. The Balaban J connectivity index is -0.0000000609. The summed E-state index contributed by atoms with van der Waals surface area (Å²) in [6.45, 7) is 0.420. The van der Waals surface area contributed by atoms with Gasteiger partial charge in [-0.15, -0.1) is 0 Å². The van der Waals surface area contributed by atoms with E-state index in [4.69, 9.17) is 32.5 Å². The highest BCUT2D eigenvalue weighted by Gasteiger charge is 2.09. The minimum Gasteiger partial charge on any atom is -0.481 e. The molecule has 0 heterocycles. The minimum atomic E-state index is -1.08. The summed E-state index contributed by atoms with van der Waals surface area (Å²) < 4.78 is 0. The van der Waals surface area contributed by atoms with Gasteiger partial charge in [0, 0.05) is 6.54 Å². The molecular weight excluding hydrogens is 336 g/mol. The van der Waals surface area contributed by atoms with Crippen LogP contribution in [0.5, 0.6) is 0 Å². The van der Waals surface area contributed by atoms with Crippen LogP contribution in [0, 0.1) is 0 Å². The zero-order valence-corrected chi connectivity index (χ0v) is 12.9. The van der Waals surface area contributed by atoms with Crippen LogP contribution in [0.4, 0.5) is 0 Å². The van der Waals surface area contributed by atoms with E-state index < -0.39 is 23.9 Å². The van der Waals surface area contributed by atoms with Gasteiger partial charge in [0.05, 0.1) is 12.8 Å². The molecule has 0 aromatic rings. The Morgan fingerprint density at radius 1 is 0.875 bits per heavy atom. The summed E-state index contributed by atoms with van der Waals surface area (Å²) >= 11 is 0. The van der Waals surface area contributed by atoms with Crippen molar-refractivity contribution in [3.8, 4) is 0 Å². The Bertz CT molecular complexity index is 346. The summed E-state index contributed by atoms with van der Waals surface area (Å²) in [6, 6.07) is -0.820. The molecule has 1 atom stereocenters. The highest BCUT2D eigenvalue weighted by atomic mass is 16.4. The average Bonchev–Trinajstić information content (AvgIpc) is 2.32. The molecule has 14 heteroatoms. The van der Waals surface area contributed by atoms with E-state index in [0.29, 0.717) is 19.4 Å². The summed E-state index contributed by atoms with van der Waals surface area (Å²) in [7, 11) is 0. The topological polar surface area (TPSA) is 328 Å². The normalized spacial score (nSPS) is 8.88. The zero-order chi connectivity index (χ0) is 16.1. The van der Waals surface area contributed by atoms with Crippen LogP contribution >= 0.6 is 0 Å². The molecule has 0 rings (SSSR count). The van der Waals surface area contributed by atoms with Crippen molar-refractivity contribution in [3.05, 3.63) is 0 Å². The summed E-state index contributed by atoms with van der Waals surface area (Å²) in [6.07, 6.45) is 0.363. The first-order chi connectivity index (χ1) is 9.16. The van der Waals surface area contributed by atoms with Crippen LogP contribution in [0.25, 0.3) is 0 Å². The standard InChI is InChI=1S/C6H14N4O2.C4H6O4.4H2O/c7-4(5(11)12)2-1-3-10-6(8)9;5-3(6)1-2-4(7)8;;;;/h4H,1-3,7H2,(H,11,12)(H4,8,9,10);1-2H2,(H,5,6)(H,7,8);4*1H2/t4-;;;;;/m0...../s1. The average molecular weight is 364 g/mol. The van der Waals surface area contributed by atoms with Crippen LogP contribution in [0.2, 0.25) is 0 Å². The summed E-state index contributed by atoms with van der Waals surface area (Å²) in [4.78, 5) is 33.2. The van der Waals surface area contributed by atoms with E-state index in [-0.39, 0.29) is 40.7 Å². The van der Waals surface area contributed by atoms with E-state index in [0.717, 1.165) is 0 Å². The molecule has 0 unspecified atom stereocenters. The maximum absolute atomic E-state index is 10.2. The molecule has 0 aromatic carbocycles. The number of aliphatic imine (C=N–C) groups is 1. The third kappa shape index (κ3) is 36.6. The van der Waals surface area contributed by atoms with Crippen molar-refractivity contribution in [2.75, 3.05) is 6.54 Å². The Morgan fingerprint density at radius 2 is 1.25 bits per heavy atom. The smallest absolute Gasteiger partial charge is 0.320 e. The lowest BCUT2D eigenvalue weighted by atomic mass is 10.2. The van der Waals surface area contributed by atoms with Gasteiger partial charge in [0.15, 0.2) is 5.96 Å². The van der Waals surface area contributed by atoms with Crippen molar-refractivity contribution >= 4 is 23.9 Å². The fourth-order valence-electron chi connectivity index (χ4n) is 0.857. The molecule has 0 radical (unpaired) electrons. The molecule has 17 N–H and O–H groups in total. The van der Waals surface area contributed by atoms with E-state index in [1.54, 1.807) is 0 Å². The predicted octanol–water partition coefficient (Wildman–Crippen LogP) is -4.91. The molecule has 0 saturated heterocycles. The van der Waals surface area contributed by atoms with Crippen molar-refractivity contribution in [2.45, 2.75) is 31.7 Å². The number of nitrogens with two attached hydrogens (primary N) is 3. The zero-order valence-electron chi connectivity index (χ0n) is 12.9. The number of aliphatic carboxylic acids is 3. The van der Waals surface area contributed by atoms with Crippen LogP contribution in [-0.4, -0.2) is 73.7 Å². The van der Waals surface area contributed by atoms with Crippen molar-refractivity contribution in [1.82, 2.24) is 0 Å². The van der Waals surface area contributed by atoms with E-state index in [1.165, 1.54) is 0 Å². The molecular formula is C10H28N4O10. The fourth-order valence-corrected chi connectivity index (χ4v) is 0.857. The van der Waals surface area contributed by atoms with E-state index >= 15 is 0 Å². The van der Waals surface area contributed by atoms with Gasteiger partial charge < -0.3 is 54.4 Å². The van der Waals surface area contributed by atoms with Crippen molar-refractivity contribution in [3.63, 3.8) is 0 Å². The van der Waals surface area contributed by atoms with Crippen LogP contribution in [-0.2, 0) is 14.4 Å². The predicted molar refractivity (Wildman–Crippen MR) is 84.5 cm³/mol. The lowest BCUT2D eigenvalue weighted by Crippen LogP contribution is -2.30. The van der Waals surface area contributed by atoms with Gasteiger partial charge in [-0.1, -0.05) is 0 Å². The van der Waals surface area contributed by atoms with Gasteiger partial charge in [0.25, 0.3) is 0 Å². The van der Waals surface area contributed by atoms with Crippen LogP contribution < -0.4 is 17.2 Å². The van der Waals surface area contributed by atoms with Crippen LogP contribution in [0.3, 0.4) is 0 Å². The Morgan fingerprint density at radius 3 is 1.50 bits per heavy atom. The largest absolute Gasteiger partial charge is 0.481 e. The molecule has 0 saturated carbocycles. The highest BCUT2D eigenvalue weighted by molar-refractivity contribution is 5.76. The lowest BCUT2D eigenvalue weighted by molar-refractivity contribution is -0.143. The van der Waals surface area contributed by atoms with Crippen molar-refractivity contribution in [2.24, 2.45) is 22.2 Å². The molecule has 0 bridgehead atoms. The monoisotopic (exact) mass is 364 g/mol. The molecule has 0 amide bonds. The van der Waals surface area contributed by atoms with Crippen LogP contribution in [0.1, 0.15) is 25.7 Å². The quantitative estimate of drug-likeness (QED) is 0.136. The number of carboxylic acid groups (broad SMARTS) is 3. The number of nitrogens with zero attached hydrogens (tertiary/aromatic N) is 1. The maximum Gasteiger partial charge on any atom is 0.320 e. The fraction of sp³-hybridized carbons (Fsp3) is 0.600. The highest BCUT2D eigenvalue weighted by Crippen LogP contribution is 1.94. The second-order valence-corrected chi connectivity index (χ2v) is 3.68. The number of carbonyl (C=O) groups is 3. The first-order valence-corrected chi connectivity index (χ1v) is 5.64. The van der Waals surface area contributed by atoms with Gasteiger partial charge >= 0.3 is 17.9 Å². The molecule has 148 valence electrons. The second kappa shape index (κ2) is 22.8. The van der Waals surface area contributed by atoms with E-state index in [9.17, 15) is 14.4 Å². The number of guanidine groups is 1. The molecule has 0 fully saturated rings. The molecule has 0 aliphatic heterocycles. The molecule has 0 aromatic heterocycles. The molecule has 0 aliphatic rings. The lowest BCUT2D eigenvalue weighted by Gasteiger charge is -2.03. The Labute approximate surface area is 137 Å². The summed E-state index contributed by atoms with van der Waals surface area (Å²) in [5.41, 5.74) is 15.3. The SMILES string of the molecule is NC(N)=NCCC[C@H](N)C(=O)O.O.O.O.O.O=C(O)CCC(=O)O. The molecule has 0 spiro atoms. The van der Waals surface area contributed by atoms with Crippen molar-refractivity contribution < 1.29 is 51.6 Å². The Kier molecular flexibility index (Phi) is 35.6. The molecule has 14 nitrogen and oxygen atoms in total. The van der Waals surface area contributed by atoms with Gasteiger partial charge in [-0.3, -0.25) is 19.4 Å². The number of hydrogen-bond acceptors (Lipinski definition) is 5. The van der Waals surface area contributed by atoms with Crippen molar-refractivity contribution in [1.29, 1.82) is 0 Å². The number of hydrogen-bond donors (Lipinski definition) is 6. The maximum atomic E-state index is 10.2. The van der Waals surface area contributed by atoms with Gasteiger partial charge in [0.2, 0.25) is 0 Å². The van der Waals surface area contributed by atoms with Gasteiger partial charge in [-0.05, 0) is 12.8 Å². The summed E-state index contributed by atoms with van der Waals surface area (Å²) in [5, 5.41) is 24.2. The van der Waals surface area contributed by atoms with Gasteiger partial charge in [-0.2, -0.15) is 0 Å². The third-order valence-corrected chi connectivity index (χ3v) is 1.84. The van der Waals surface area contributed by atoms with E-state index in [2.05, 4.69) is 4.99 Å². The summed E-state index contributed by atoms with van der Waals surface area (Å²) in [5.74, 6) is -3.14. The first kappa shape index (κ1) is 37.6. The first-order valence-electron chi connectivity index (χ1n) is 5.64. The van der Waals surface area contributed by atoms with Crippen LogP contribution in [0.15, 0.2) is 4.99 Å². The van der Waals surface area contributed by atoms with Gasteiger partial charge in [-0.25, -0.2) is 0 Å². The minimum absolute atomic E-state index is 0. The van der Waals surface area contributed by atoms with Gasteiger partial charge in [0.1, 0.15) is 6.04 Å². The molecule has 24 heavy (non-hydrogen) atoms. The molecule has 0 aliphatic carbocycles. The number of rotatable bonds is 8. The third-order valence-electron chi connectivity index (χ3n) is 1.84. The van der Waals surface area contributed by atoms with E-state index in [1.807, 2.05) is 0 Å². The number of carboxylic acids is 3. The Hall–Kier alpha value is -2.52.